The Labute approximate surface area is 154 Å². The van der Waals surface area contributed by atoms with Gasteiger partial charge in [0.05, 0.1) is 5.75 Å². The maximum atomic E-state index is 10.7. The van der Waals surface area contributed by atoms with Gasteiger partial charge in [-0.05, 0) is 26.0 Å². The lowest BCUT2D eigenvalue weighted by molar-refractivity contribution is -0.133. The van der Waals surface area contributed by atoms with E-state index in [4.69, 9.17) is 24.4 Å². The Bertz CT molecular complexity index is 737. The summed E-state index contributed by atoms with van der Waals surface area (Å²) in [6.45, 7) is 4.95. The highest BCUT2D eigenvalue weighted by molar-refractivity contribution is 7.99. The monoisotopic (exact) mass is 383 g/mol. The first-order chi connectivity index (χ1) is 12.6. The van der Waals surface area contributed by atoms with Crippen molar-refractivity contribution in [3.8, 4) is 17.2 Å². The largest absolute Gasteiger partial charge is 0.485 e. The van der Waals surface area contributed by atoms with Gasteiger partial charge in [-0.2, -0.15) is 0 Å². The molecule has 1 aliphatic heterocycles. The molecule has 1 aliphatic rings. The number of carbonyl (C=O) groups is 1. The van der Waals surface area contributed by atoms with Crippen LogP contribution in [0, 0.1) is 0 Å². The van der Waals surface area contributed by atoms with Gasteiger partial charge in [0, 0.05) is 19.2 Å². The van der Waals surface area contributed by atoms with Crippen molar-refractivity contribution < 1.29 is 29.2 Å². The minimum absolute atomic E-state index is 0.0544. The highest BCUT2D eigenvalue weighted by atomic mass is 32.2. The second-order valence-corrected chi connectivity index (χ2v) is 5.89. The van der Waals surface area contributed by atoms with Crippen LogP contribution in [0.4, 0.5) is 0 Å². The minimum atomic E-state index is -0.890. The molecule has 2 heterocycles. The summed E-state index contributed by atoms with van der Waals surface area (Å²) in [6, 6.07) is 5.34. The number of hydrogen-bond acceptors (Lipinski definition) is 8. The molecule has 0 saturated carbocycles. The third-order valence-corrected chi connectivity index (χ3v) is 4.10. The molecular weight excluding hydrogens is 362 g/mol. The topological polar surface area (TPSA) is 116 Å². The number of thioether (sulfide) groups is 1. The second-order valence-electron chi connectivity index (χ2n) is 4.95. The quantitative estimate of drug-likeness (QED) is 0.690. The number of aliphatic carboxylic acids is 1. The summed E-state index contributed by atoms with van der Waals surface area (Å²) in [7, 11) is 0. The summed E-state index contributed by atoms with van der Waals surface area (Å²) in [5.41, 5.74) is 0. The third kappa shape index (κ3) is 5.27. The van der Waals surface area contributed by atoms with Crippen molar-refractivity contribution in [1.82, 2.24) is 14.8 Å². The van der Waals surface area contributed by atoms with Crippen molar-refractivity contribution in [2.24, 2.45) is 0 Å². The number of hydrogen-bond donors (Lipinski definition) is 2. The molecule has 0 unspecified atom stereocenters. The lowest BCUT2D eigenvalue weighted by Gasteiger charge is -2.09. The molecule has 2 N–H and O–H groups in total. The standard InChI is InChI=1S/C14H15N3O5S.C2H6O/c1-2-17-12(15-16-14(17)23-7-13(18)19)6-20-9-3-4-10-11(5-9)22-8-21-10;1-2-3/h3-5H,2,6-8H2,1H3,(H,18,19);3H,2H2,1H3. The highest BCUT2D eigenvalue weighted by Gasteiger charge is 2.16. The van der Waals surface area contributed by atoms with E-state index in [9.17, 15) is 4.79 Å². The number of aliphatic hydroxyl groups excluding tert-OH is 1. The molecule has 0 spiro atoms. The van der Waals surface area contributed by atoms with Gasteiger partial charge in [0.2, 0.25) is 6.79 Å². The van der Waals surface area contributed by atoms with Crippen molar-refractivity contribution in [1.29, 1.82) is 0 Å². The molecule has 0 amide bonds. The first-order valence-corrected chi connectivity index (χ1v) is 8.97. The zero-order valence-corrected chi connectivity index (χ0v) is 15.4. The summed E-state index contributed by atoms with van der Waals surface area (Å²) in [5, 5.41) is 25.0. The molecule has 26 heavy (non-hydrogen) atoms. The predicted molar refractivity (Wildman–Crippen MR) is 93.7 cm³/mol. The van der Waals surface area contributed by atoms with Crippen molar-refractivity contribution in [2.75, 3.05) is 19.2 Å². The van der Waals surface area contributed by atoms with Crippen LogP contribution in [0.5, 0.6) is 17.2 Å². The van der Waals surface area contributed by atoms with E-state index in [1.165, 1.54) is 0 Å². The predicted octanol–water partition coefficient (Wildman–Crippen LogP) is 1.78. The van der Waals surface area contributed by atoms with E-state index in [-0.39, 0.29) is 25.8 Å². The first kappa shape index (κ1) is 19.9. The maximum Gasteiger partial charge on any atom is 0.313 e. The molecule has 9 nitrogen and oxygen atoms in total. The van der Waals surface area contributed by atoms with Crippen LogP contribution in [0.25, 0.3) is 0 Å². The minimum Gasteiger partial charge on any atom is -0.485 e. The molecule has 2 aromatic rings. The van der Waals surface area contributed by atoms with Crippen LogP contribution in [0.3, 0.4) is 0 Å². The Morgan fingerprint density at radius 3 is 2.73 bits per heavy atom. The van der Waals surface area contributed by atoms with E-state index >= 15 is 0 Å². The number of ether oxygens (including phenoxy) is 3. The smallest absolute Gasteiger partial charge is 0.313 e. The summed E-state index contributed by atoms with van der Waals surface area (Å²) in [4.78, 5) is 10.7. The van der Waals surface area contributed by atoms with E-state index in [1.807, 2.05) is 11.5 Å². The average Bonchev–Trinajstić information content (AvgIpc) is 3.24. The van der Waals surface area contributed by atoms with Gasteiger partial charge in [0.1, 0.15) is 12.4 Å². The van der Waals surface area contributed by atoms with Crippen LogP contribution < -0.4 is 14.2 Å². The molecule has 0 bridgehead atoms. The van der Waals surface area contributed by atoms with Gasteiger partial charge >= 0.3 is 5.97 Å². The van der Waals surface area contributed by atoms with E-state index in [0.29, 0.717) is 34.8 Å². The van der Waals surface area contributed by atoms with Gasteiger partial charge in [-0.1, -0.05) is 11.8 Å². The lowest BCUT2D eigenvalue weighted by atomic mass is 10.3. The summed E-state index contributed by atoms with van der Waals surface area (Å²) in [6.07, 6.45) is 0. The van der Waals surface area contributed by atoms with Crippen LogP contribution in [0.1, 0.15) is 19.7 Å². The Morgan fingerprint density at radius 2 is 2.04 bits per heavy atom. The van der Waals surface area contributed by atoms with Crippen LogP contribution in [-0.2, 0) is 17.9 Å². The molecular formula is C16H21N3O6S. The van der Waals surface area contributed by atoms with Crippen LogP contribution in [-0.4, -0.2) is 50.1 Å². The molecule has 0 fully saturated rings. The van der Waals surface area contributed by atoms with Gasteiger partial charge in [0.25, 0.3) is 0 Å². The molecule has 1 aromatic heterocycles. The number of carboxylic acid groups (broad SMARTS) is 1. The van der Waals surface area contributed by atoms with Crippen molar-refractivity contribution in [2.45, 2.75) is 32.2 Å². The second kappa shape index (κ2) is 9.88. The average molecular weight is 383 g/mol. The highest BCUT2D eigenvalue weighted by Crippen LogP contribution is 2.35. The molecule has 0 saturated heterocycles. The zero-order chi connectivity index (χ0) is 18.9. The number of rotatable bonds is 7. The maximum absolute atomic E-state index is 10.7. The number of nitrogens with zero attached hydrogens (tertiary/aromatic N) is 3. The number of benzene rings is 1. The molecule has 1 aromatic carbocycles. The van der Waals surface area contributed by atoms with Crippen LogP contribution >= 0.6 is 11.8 Å². The summed E-state index contributed by atoms with van der Waals surface area (Å²) < 4.78 is 18.1. The van der Waals surface area contributed by atoms with E-state index < -0.39 is 5.97 Å². The fourth-order valence-corrected chi connectivity index (χ4v) is 2.83. The first-order valence-electron chi connectivity index (χ1n) is 7.99. The summed E-state index contributed by atoms with van der Waals surface area (Å²) >= 11 is 1.14. The number of aromatic nitrogens is 3. The van der Waals surface area contributed by atoms with Crippen molar-refractivity contribution in [3.63, 3.8) is 0 Å². The summed E-state index contributed by atoms with van der Waals surface area (Å²) in [5.74, 6) is 1.68. The lowest BCUT2D eigenvalue weighted by Crippen LogP contribution is -2.08. The van der Waals surface area contributed by atoms with Gasteiger partial charge < -0.3 is 29.0 Å². The fraction of sp³-hybridized carbons (Fsp3) is 0.438. The zero-order valence-electron chi connectivity index (χ0n) is 14.5. The molecule has 0 radical (unpaired) electrons. The van der Waals surface area contributed by atoms with Crippen molar-refractivity contribution in [3.05, 3.63) is 24.0 Å². The van der Waals surface area contributed by atoms with Crippen LogP contribution in [0.2, 0.25) is 0 Å². The molecule has 142 valence electrons. The third-order valence-electron chi connectivity index (χ3n) is 3.15. The van der Waals surface area contributed by atoms with Crippen molar-refractivity contribution >= 4 is 17.7 Å². The van der Waals surface area contributed by atoms with Gasteiger partial charge in [-0.25, -0.2) is 0 Å². The molecule has 10 heteroatoms. The van der Waals surface area contributed by atoms with Gasteiger partial charge in [-0.3, -0.25) is 4.79 Å². The Morgan fingerprint density at radius 1 is 1.31 bits per heavy atom. The molecule has 0 aliphatic carbocycles. The SMILES string of the molecule is CCO.CCn1c(COc2ccc3c(c2)OCO3)nnc1SCC(=O)O. The fourth-order valence-electron chi connectivity index (χ4n) is 2.09. The van der Waals surface area contributed by atoms with Gasteiger partial charge in [0.15, 0.2) is 22.5 Å². The van der Waals surface area contributed by atoms with E-state index in [1.54, 1.807) is 25.1 Å². The number of fused-ring (bicyclic) bond motifs is 1. The van der Waals surface area contributed by atoms with Crippen LogP contribution in [0.15, 0.2) is 23.4 Å². The van der Waals surface area contributed by atoms with E-state index in [2.05, 4.69) is 10.2 Å². The Kier molecular flexibility index (Phi) is 7.54. The number of aliphatic hydroxyl groups is 1. The Hall–Kier alpha value is -2.46. The Balaban J connectivity index is 0.000000758. The van der Waals surface area contributed by atoms with E-state index in [0.717, 1.165) is 11.8 Å². The van der Waals surface area contributed by atoms with Gasteiger partial charge in [-0.15, -0.1) is 10.2 Å². The molecule has 3 rings (SSSR count). The molecule has 0 atom stereocenters. The number of carboxylic acids is 1. The normalized spacial score (nSPS) is 11.7.